The van der Waals surface area contributed by atoms with Crippen molar-refractivity contribution in [1.82, 2.24) is 4.90 Å². The normalized spacial score (nSPS) is 16.7. The zero-order valence-corrected chi connectivity index (χ0v) is 9.63. The predicted octanol–water partition coefficient (Wildman–Crippen LogP) is 1.80. The first-order valence-corrected chi connectivity index (χ1v) is 5.70. The van der Waals surface area contributed by atoms with Gasteiger partial charge in [-0.3, -0.25) is 4.90 Å². The molecule has 0 fully saturated rings. The first-order valence-electron chi connectivity index (χ1n) is 4.91. The minimum Gasteiger partial charge on any atom is -0.395 e. The predicted molar refractivity (Wildman–Crippen MR) is 60.2 cm³/mol. The van der Waals surface area contributed by atoms with E-state index in [1.54, 1.807) is 0 Å². The van der Waals surface area contributed by atoms with E-state index >= 15 is 0 Å². The number of fused-ring (bicyclic) bond motifs is 1. The molecule has 1 aliphatic heterocycles. The highest BCUT2D eigenvalue weighted by Gasteiger charge is 2.16. The Kier molecular flexibility index (Phi) is 3.21. The van der Waals surface area contributed by atoms with Crippen LogP contribution in [0.1, 0.15) is 11.1 Å². The Labute approximate surface area is 92.7 Å². The molecule has 1 heterocycles. The first-order chi connectivity index (χ1) is 6.81. The Morgan fingerprint density at radius 1 is 1.43 bits per heavy atom. The van der Waals surface area contributed by atoms with E-state index in [1.807, 2.05) is 0 Å². The monoisotopic (exact) mass is 255 g/mol. The summed E-state index contributed by atoms with van der Waals surface area (Å²) in [6, 6.07) is 6.34. The van der Waals surface area contributed by atoms with Gasteiger partial charge < -0.3 is 5.11 Å². The number of rotatable bonds is 2. The van der Waals surface area contributed by atoms with Gasteiger partial charge in [-0.15, -0.1) is 0 Å². The lowest BCUT2D eigenvalue weighted by Crippen LogP contribution is -2.32. The van der Waals surface area contributed by atoms with Crippen molar-refractivity contribution < 1.29 is 5.11 Å². The van der Waals surface area contributed by atoms with Gasteiger partial charge in [-0.1, -0.05) is 28.1 Å². The molecule has 0 bridgehead atoms. The lowest BCUT2D eigenvalue weighted by molar-refractivity contribution is 0.184. The Balaban J connectivity index is 2.18. The minimum atomic E-state index is 0.253. The highest BCUT2D eigenvalue weighted by atomic mass is 79.9. The van der Waals surface area contributed by atoms with E-state index < -0.39 is 0 Å². The summed E-state index contributed by atoms with van der Waals surface area (Å²) < 4.78 is 1.22. The smallest absolute Gasteiger partial charge is 0.0558 e. The number of β-amino-alcohol motifs (C(OH)–C–C–N with tert-alkyl or cyclic N) is 1. The summed E-state index contributed by atoms with van der Waals surface area (Å²) in [4.78, 5) is 2.29. The first kappa shape index (κ1) is 10.1. The van der Waals surface area contributed by atoms with Crippen LogP contribution in [0.3, 0.4) is 0 Å². The van der Waals surface area contributed by atoms with Crippen molar-refractivity contribution in [1.29, 1.82) is 0 Å². The summed E-state index contributed by atoms with van der Waals surface area (Å²) in [5.41, 5.74) is 2.82. The van der Waals surface area contributed by atoms with Crippen molar-refractivity contribution in [3.63, 3.8) is 0 Å². The van der Waals surface area contributed by atoms with Gasteiger partial charge in [-0.2, -0.15) is 0 Å². The van der Waals surface area contributed by atoms with E-state index in [9.17, 15) is 0 Å². The van der Waals surface area contributed by atoms with Crippen molar-refractivity contribution in [3.8, 4) is 0 Å². The van der Waals surface area contributed by atoms with Crippen molar-refractivity contribution >= 4 is 15.9 Å². The zero-order valence-electron chi connectivity index (χ0n) is 8.04. The number of nitrogens with zero attached hydrogens (tertiary/aromatic N) is 1. The molecule has 76 valence electrons. The maximum absolute atomic E-state index is 8.87. The summed E-state index contributed by atoms with van der Waals surface area (Å²) in [6.07, 6.45) is 1.08. The van der Waals surface area contributed by atoms with Crippen LogP contribution < -0.4 is 0 Å². The third-order valence-corrected chi connectivity index (χ3v) is 3.45. The van der Waals surface area contributed by atoms with Crippen LogP contribution in [0.25, 0.3) is 0 Å². The number of hydrogen-bond acceptors (Lipinski definition) is 2. The van der Waals surface area contributed by atoms with Crippen LogP contribution >= 0.6 is 15.9 Å². The molecule has 0 radical (unpaired) electrons. The second-order valence-corrected chi connectivity index (χ2v) is 4.48. The number of hydrogen-bond donors (Lipinski definition) is 1. The van der Waals surface area contributed by atoms with E-state index in [2.05, 4.69) is 39.0 Å². The molecule has 14 heavy (non-hydrogen) atoms. The van der Waals surface area contributed by atoms with Gasteiger partial charge in [0.05, 0.1) is 6.61 Å². The molecule has 0 saturated heterocycles. The summed E-state index contributed by atoms with van der Waals surface area (Å²) >= 11 is 3.57. The number of halogens is 1. The van der Waals surface area contributed by atoms with Crippen LogP contribution in [-0.4, -0.2) is 29.7 Å². The average molecular weight is 256 g/mol. The van der Waals surface area contributed by atoms with Crippen LogP contribution in [0.5, 0.6) is 0 Å². The highest BCUT2D eigenvalue weighted by Crippen LogP contribution is 2.25. The summed E-state index contributed by atoms with van der Waals surface area (Å²) in [5.74, 6) is 0. The fourth-order valence-corrected chi connectivity index (χ4v) is 2.56. The van der Waals surface area contributed by atoms with Gasteiger partial charge in [-0.05, 0) is 23.6 Å². The maximum atomic E-state index is 8.87. The Morgan fingerprint density at radius 2 is 2.29 bits per heavy atom. The molecule has 1 aromatic rings. The third kappa shape index (κ3) is 2.00. The Hall–Kier alpha value is -0.380. The van der Waals surface area contributed by atoms with Gasteiger partial charge in [0.15, 0.2) is 0 Å². The standard InChI is InChI=1S/C11H14BrNO/c12-11-3-1-2-9-8-13(6-7-14)5-4-10(9)11/h1-3,14H,4-8H2. The van der Waals surface area contributed by atoms with Crippen LogP contribution in [0.4, 0.5) is 0 Å². The van der Waals surface area contributed by atoms with Crippen LogP contribution in [0, 0.1) is 0 Å². The SMILES string of the molecule is OCCN1CCc2c(Br)cccc2C1. The second-order valence-electron chi connectivity index (χ2n) is 3.63. The quantitative estimate of drug-likeness (QED) is 0.872. The van der Waals surface area contributed by atoms with Gasteiger partial charge in [0.2, 0.25) is 0 Å². The fourth-order valence-electron chi connectivity index (χ4n) is 1.95. The maximum Gasteiger partial charge on any atom is 0.0558 e. The van der Waals surface area contributed by atoms with Gasteiger partial charge in [0.25, 0.3) is 0 Å². The molecule has 1 N–H and O–H groups in total. The van der Waals surface area contributed by atoms with Crippen LogP contribution in [0.15, 0.2) is 22.7 Å². The van der Waals surface area contributed by atoms with E-state index in [0.717, 1.165) is 26.1 Å². The van der Waals surface area contributed by atoms with Gasteiger partial charge in [-0.25, -0.2) is 0 Å². The number of benzene rings is 1. The molecule has 0 unspecified atom stereocenters. The molecule has 0 aromatic heterocycles. The largest absolute Gasteiger partial charge is 0.395 e. The molecule has 1 aromatic carbocycles. The van der Waals surface area contributed by atoms with Gasteiger partial charge in [0, 0.05) is 24.1 Å². The molecule has 0 amide bonds. The topological polar surface area (TPSA) is 23.5 Å². The van der Waals surface area contributed by atoms with E-state index in [-0.39, 0.29) is 6.61 Å². The molecule has 0 atom stereocenters. The molecule has 1 aliphatic rings. The van der Waals surface area contributed by atoms with E-state index in [1.165, 1.54) is 15.6 Å². The van der Waals surface area contributed by atoms with Crippen LogP contribution in [-0.2, 0) is 13.0 Å². The molecule has 3 heteroatoms. The van der Waals surface area contributed by atoms with Crippen molar-refractivity contribution in [3.05, 3.63) is 33.8 Å². The molecule has 0 aliphatic carbocycles. The molecule has 2 rings (SSSR count). The van der Waals surface area contributed by atoms with E-state index in [4.69, 9.17) is 5.11 Å². The van der Waals surface area contributed by atoms with Crippen LogP contribution in [0.2, 0.25) is 0 Å². The highest BCUT2D eigenvalue weighted by molar-refractivity contribution is 9.10. The van der Waals surface area contributed by atoms with Gasteiger partial charge >= 0.3 is 0 Å². The second kappa shape index (κ2) is 4.43. The molecule has 2 nitrogen and oxygen atoms in total. The summed E-state index contributed by atoms with van der Waals surface area (Å²) in [7, 11) is 0. The number of aliphatic hydroxyl groups is 1. The number of aliphatic hydroxyl groups excluding tert-OH is 1. The molecular formula is C11H14BrNO. The molecular weight excluding hydrogens is 242 g/mol. The lowest BCUT2D eigenvalue weighted by Gasteiger charge is -2.28. The molecule has 0 saturated carbocycles. The minimum absolute atomic E-state index is 0.253. The van der Waals surface area contributed by atoms with Crippen molar-refractivity contribution in [2.24, 2.45) is 0 Å². The average Bonchev–Trinajstić information content (AvgIpc) is 2.18. The van der Waals surface area contributed by atoms with Crippen molar-refractivity contribution in [2.45, 2.75) is 13.0 Å². The van der Waals surface area contributed by atoms with Gasteiger partial charge in [0.1, 0.15) is 0 Å². The lowest BCUT2D eigenvalue weighted by atomic mass is 10.00. The Morgan fingerprint density at radius 3 is 3.07 bits per heavy atom. The fraction of sp³-hybridized carbons (Fsp3) is 0.455. The molecule has 0 spiro atoms. The zero-order chi connectivity index (χ0) is 9.97. The summed E-state index contributed by atoms with van der Waals surface area (Å²) in [6.45, 7) is 3.06. The van der Waals surface area contributed by atoms with E-state index in [0.29, 0.717) is 0 Å². The van der Waals surface area contributed by atoms with Crippen molar-refractivity contribution in [2.75, 3.05) is 19.7 Å². The summed E-state index contributed by atoms with van der Waals surface area (Å²) in [5, 5.41) is 8.87. The third-order valence-electron chi connectivity index (χ3n) is 2.70. The Bertz CT molecular complexity index is 327.